The van der Waals surface area contributed by atoms with Crippen molar-refractivity contribution in [3.05, 3.63) is 30.4 Å². The van der Waals surface area contributed by atoms with E-state index < -0.39 is 10.0 Å². The molecule has 23 heavy (non-hydrogen) atoms. The lowest BCUT2D eigenvalue weighted by atomic mass is 10.1. The third-order valence-electron chi connectivity index (χ3n) is 3.69. The molecule has 0 N–H and O–H groups in total. The summed E-state index contributed by atoms with van der Waals surface area (Å²) in [6.45, 7) is 2.60. The third kappa shape index (κ3) is 3.50. The molecule has 9 heteroatoms. The molecule has 0 radical (unpaired) electrons. The number of rotatable bonds is 4. The Morgan fingerprint density at radius 2 is 2.13 bits per heavy atom. The lowest BCUT2D eigenvalue weighted by Gasteiger charge is -2.31. The second-order valence-electron chi connectivity index (χ2n) is 5.64. The maximum absolute atomic E-state index is 12.6. The molecule has 3 rings (SSSR count). The van der Waals surface area contributed by atoms with E-state index in [1.807, 2.05) is 13.0 Å². The summed E-state index contributed by atoms with van der Waals surface area (Å²) in [5, 5.41) is 7.97. The summed E-state index contributed by atoms with van der Waals surface area (Å²) in [6.07, 6.45) is 4.26. The number of piperidine rings is 1. The summed E-state index contributed by atoms with van der Waals surface area (Å²) >= 11 is 0. The summed E-state index contributed by atoms with van der Waals surface area (Å²) in [6, 6.07) is 3.56. The number of nitrogens with zero attached hydrogens (tertiary/aromatic N) is 5. The topological polar surface area (TPSA) is 90.2 Å². The molecule has 0 aliphatic carbocycles. The zero-order chi connectivity index (χ0) is 16.4. The molecule has 0 unspecified atom stereocenters. The highest BCUT2D eigenvalue weighted by molar-refractivity contribution is 7.89. The van der Waals surface area contributed by atoms with Gasteiger partial charge in [0.05, 0.1) is 18.6 Å². The van der Waals surface area contributed by atoms with Gasteiger partial charge in [-0.15, -0.1) is 5.10 Å². The van der Waals surface area contributed by atoms with Crippen LogP contribution in [0.3, 0.4) is 0 Å². The Morgan fingerprint density at radius 3 is 2.78 bits per heavy atom. The van der Waals surface area contributed by atoms with Gasteiger partial charge >= 0.3 is 0 Å². The zero-order valence-electron chi connectivity index (χ0n) is 13.1. The molecular formula is C14H19N5O3S. The molecule has 0 bridgehead atoms. The largest absolute Gasteiger partial charge is 0.472 e. The van der Waals surface area contributed by atoms with Crippen LogP contribution in [0.4, 0.5) is 0 Å². The van der Waals surface area contributed by atoms with Crippen molar-refractivity contribution < 1.29 is 13.2 Å². The van der Waals surface area contributed by atoms with Crippen molar-refractivity contribution >= 4 is 10.0 Å². The number of aryl methyl sites for hydroxylation is 2. The molecule has 1 atom stereocenters. The maximum atomic E-state index is 12.6. The van der Waals surface area contributed by atoms with Gasteiger partial charge in [-0.1, -0.05) is 0 Å². The van der Waals surface area contributed by atoms with Crippen molar-refractivity contribution in [3.63, 3.8) is 0 Å². The predicted octanol–water partition coefficient (Wildman–Crippen LogP) is 0.751. The lowest BCUT2D eigenvalue weighted by Crippen LogP contribution is -2.44. The molecule has 2 aromatic rings. The van der Waals surface area contributed by atoms with Crippen LogP contribution in [0.2, 0.25) is 0 Å². The summed E-state index contributed by atoms with van der Waals surface area (Å²) in [5.74, 6) is 0.415. The quantitative estimate of drug-likeness (QED) is 0.818. The SMILES string of the molecule is Cc1ccc(O[C@@H]2CCCN(S(=O)(=O)c3cn(C)cn3)C2)nn1. The summed E-state index contributed by atoms with van der Waals surface area (Å²) in [4.78, 5) is 3.95. The maximum Gasteiger partial charge on any atom is 0.262 e. The minimum atomic E-state index is -3.59. The predicted molar refractivity (Wildman–Crippen MR) is 82.4 cm³/mol. The van der Waals surface area contributed by atoms with E-state index in [1.165, 1.54) is 16.8 Å². The highest BCUT2D eigenvalue weighted by Crippen LogP contribution is 2.22. The van der Waals surface area contributed by atoms with Crippen LogP contribution < -0.4 is 4.74 Å². The molecule has 1 aliphatic heterocycles. The van der Waals surface area contributed by atoms with Gasteiger partial charge < -0.3 is 9.30 Å². The lowest BCUT2D eigenvalue weighted by molar-refractivity contribution is 0.123. The van der Waals surface area contributed by atoms with E-state index >= 15 is 0 Å². The van der Waals surface area contributed by atoms with Gasteiger partial charge in [0.2, 0.25) is 5.88 Å². The molecule has 1 aliphatic rings. The van der Waals surface area contributed by atoms with Gasteiger partial charge in [-0.05, 0) is 25.8 Å². The van der Waals surface area contributed by atoms with Crippen LogP contribution in [0.5, 0.6) is 5.88 Å². The molecule has 0 saturated carbocycles. The van der Waals surface area contributed by atoms with Crippen LogP contribution in [0.15, 0.2) is 29.7 Å². The molecular weight excluding hydrogens is 318 g/mol. The second kappa shape index (κ2) is 6.25. The van der Waals surface area contributed by atoms with Crippen LogP contribution in [-0.4, -0.2) is 51.7 Å². The van der Waals surface area contributed by atoms with Crippen LogP contribution >= 0.6 is 0 Å². The fourth-order valence-corrected chi connectivity index (χ4v) is 3.97. The summed E-state index contributed by atoms with van der Waals surface area (Å²) in [7, 11) is -1.85. The Labute approximate surface area is 135 Å². The Hall–Kier alpha value is -2.00. The number of hydrogen-bond acceptors (Lipinski definition) is 6. The molecule has 0 aromatic carbocycles. The Balaban J connectivity index is 1.71. The number of ether oxygens (including phenoxy) is 1. The number of hydrogen-bond donors (Lipinski definition) is 0. The van der Waals surface area contributed by atoms with Gasteiger partial charge in [-0.2, -0.15) is 9.40 Å². The van der Waals surface area contributed by atoms with Crippen molar-refractivity contribution in [2.75, 3.05) is 13.1 Å². The van der Waals surface area contributed by atoms with Gasteiger partial charge in [0.15, 0.2) is 5.03 Å². The summed E-state index contributed by atoms with van der Waals surface area (Å²) < 4.78 is 34.0. The van der Waals surface area contributed by atoms with Gasteiger partial charge in [-0.25, -0.2) is 13.4 Å². The highest BCUT2D eigenvalue weighted by Gasteiger charge is 2.32. The van der Waals surface area contributed by atoms with Crippen LogP contribution in [0.25, 0.3) is 0 Å². The van der Waals surface area contributed by atoms with Crippen molar-refractivity contribution in [1.29, 1.82) is 0 Å². The molecule has 3 heterocycles. The van der Waals surface area contributed by atoms with E-state index in [0.717, 1.165) is 18.5 Å². The van der Waals surface area contributed by atoms with Gasteiger partial charge in [0.25, 0.3) is 10.0 Å². The smallest absolute Gasteiger partial charge is 0.262 e. The van der Waals surface area contributed by atoms with E-state index in [1.54, 1.807) is 17.7 Å². The molecule has 0 amide bonds. The van der Waals surface area contributed by atoms with Crippen molar-refractivity contribution in [1.82, 2.24) is 24.1 Å². The van der Waals surface area contributed by atoms with E-state index in [9.17, 15) is 8.42 Å². The first-order valence-corrected chi connectivity index (χ1v) is 8.84. The molecule has 0 spiro atoms. The van der Waals surface area contributed by atoms with Crippen LogP contribution in [-0.2, 0) is 17.1 Å². The van der Waals surface area contributed by atoms with Crippen molar-refractivity contribution in [3.8, 4) is 5.88 Å². The minimum absolute atomic E-state index is 0.0655. The number of sulfonamides is 1. The monoisotopic (exact) mass is 337 g/mol. The van der Waals surface area contributed by atoms with Gasteiger partial charge in [0, 0.05) is 25.9 Å². The average Bonchev–Trinajstić information content (AvgIpc) is 2.97. The minimum Gasteiger partial charge on any atom is -0.472 e. The van der Waals surface area contributed by atoms with Gasteiger partial charge in [0.1, 0.15) is 6.10 Å². The zero-order valence-corrected chi connectivity index (χ0v) is 13.9. The molecule has 1 saturated heterocycles. The standard InChI is InChI=1S/C14H19N5O3S/c1-11-5-6-13(17-16-11)22-12-4-3-7-19(8-12)23(20,21)14-9-18(2)10-15-14/h5-6,9-10,12H,3-4,7-8H2,1-2H3/t12-/m1/s1. The highest BCUT2D eigenvalue weighted by atomic mass is 32.2. The molecule has 2 aromatic heterocycles. The van der Waals surface area contributed by atoms with E-state index in [4.69, 9.17) is 4.74 Å². The first-order chi connectivity index (χ1) is 10.9. The first-order valence-electron chi connectivity index (χ1n) is 7.40. The normalized spacial score (nSPS) is 19.7. The van der Waals surface area contributed by atoms with E-state index in [-0.39, 0.29) is 17.7 Å². The number of aromatic nitrogens is 4. The molecule has 124 valence electrons. The Morgan fingerprint density at radius 1 is 1.30 bits per heavy atom. The first kappa shape index (κ1) is 15.9. The van der Waals surface area contributed by atoms with E-state index in [2.05, 4.69) is 15.2 Å². The molecule has 8 nitrogen and oxygen atoms in total. The van der Waals surface area contributed by atoms with Crippen molar-refractivity contribution in [2.45, 2.75) is 30.9 Å². The molecule has 1 fully saturated rings. The fourth-order valence-electron chi connectivity index (χ4n) is 2.49. The number of imidazole rings is 1. The Bertz CT molecular complexity index is 772. The summed E-state index contributed by atoms with van der Waals surface area (Å²) in [5.41, 5.74) is 0.806. The Kier molecular flexibility index (Phi) is 4.31. The fraction of sp³-hybridized carbons (Fsp3) is 0.500. The van der Waals surface area contributed by atoms with Gasteiger partial charge in [-0.3, -0.25) is 0 Å². The van der Waals surface area contributed by atoms with Crippen molar-refractivity contribution in [2.24, 2.45) is 7.05 Å². The third-order valence-corrected chi connectivity index (χ3v) is 5.44. The van der Waals surface area contributed by atoms with E-state index in [0.29, 0.717) is 12.4 Å². The van der Waals surface area contributed by atoms with Crippen LogP contribution in [0.1, 0.15) is 18.5 Å². The average molecular weight is 337 g/mol. The van der Waals surface area contributed by atoms with Crippen LogP contribution in [0, 0.1) is 6.92 Å². The second-order valence-corrected chi connectivity index (χ2v) is 7.52.